The molecule has 0 bridgehead atoms. The maximum atomic E-state index is 8.94. The van der Waals surface area contributed by atoms with Crippen LogP contribution in [-0.2, 0) is 6.42 Å². The summed E-state index contributed by atoms with van der Waals surface area (Å²) in [6, 6.07) is 24.8. The molecule has 1 aromatic heterocycles. The Balaban J connectivity index is 1.46. The zero-order chi connectivity index (χ0) is 19.2. The summed E-state index contributed by atoms with van der Waals surface area (Å²) in [4.78, 5) is 4.46. The first kappa shape index (κ1) is 18.0. The van der Waals surface area contributed by atoms with Crippen LogP contribution in [0.25, 0.3) is 0 Å². The Bertz CT molecular complexity index is 947. The van der Waals surface area contributed by atoms with Gasteiger partial charge in [-0.25, -0.2) is 4.98 Å². The molecular weight excluding hydrogens is 346 g/mol. The van der Waals surface area contributed by atoms with Crippen LogP contribution < -0.4 is 16.0 Å². The molecule has 0 amide bonds. The third-order valence-electron chi connectivity index (χ3n) is 5.06. The second-order valence-electron chi connectivity index (χ2n) is 6.93. The topological polar surface area (TPSA) is 72.8 Å². The molecule has 0 saturated heterocycles. The molecule has 3 aromatic rings. The molecular formula is C23H23N5. The molecule has 4 rings (SSSR count). The van der Waals surface area contributed by atoms with Crippen molar-refractivity contribution in [3.63, 3.8) is 0 Å². The van der Waals surface area contributed by atoms with Gasteiger partial charge in [-0.3, -0.25) is 0 Å². The number of pyridine rings is 1. The van der Waals surface area contributed by atoms with Gasteiger partial charge >= 0.3 is 0 Å². The predicted octanol–water partition coefficient (Wildman–Crippen LogP) is 3.73. The van der Waals surface area contributed by atoms with E-state index in [9.17, 15) is 0 Å². The highest BCUT2D eigenvalue weighted by Gasteiger charge is 2.27. The van der Waals surface area contributed by atoms with Crippen LogP contribution in [0.3, 0.4) is 0 Å². The minimum Gasteiger partial charge on any atom is -0.380 e. The lowest BCUT2D eigenvalue weighted by Gasteiger charge is -2.34. The Morgan fingerprint density at radius 3 is 2.68 bits per heavy atom. The molecule has 0 spiro atoms. The van der Waals surface area contributed by atoms with E-state index in [1.54, 1.807) is 0 Å². The first-order chi connectivity index (χ1) is 13.8. The zero-order valence-electron chi connectivity index (χ0n) is 15.6. The summed E-state index contributed by atoms with van der Waals surface area (Å²) in [5.41, 5.74) is 4.21. The number of benzene rings is 2. The van der Waals surface area contributed by atoms with Crippen molar-refractivity contribution in [1.82, 2.24) is 10.3 Å². The van der Waals surface area contributed by atoms with Gasteiger partial charge in [0.2, 0.25) is 0 Å². The minimum absolute atomic E-state index is 0.155. The average Bonchev–Trinajstić information content (AvgIpc) is 2.77. The van der Waals surface area contributed by atoms with E-state index in [4.69, 9.17) is 5.26 Å². The molecule has 0 aliphatic carbocycles. The van der Waals surface area contributed by atoms with Crippen molar-refractivity contribution < 1.29 is 0 Å². The molecule has 140 valence electrons. The molecule has 5 nitrogen and oxygen atoms in total. The van der Waals surface area contributed by atoms with Gasteiger partial charge in [-0.1, -0.05) is 42.5 Å². The third kappa shape index (κ3) is 4.13. The van der Waals surface area contributed by atoms with Crippen molar-refractivity contribution in [2.45, 2.75) is 18.5 Å². The summed E-state index contributed by atoms with van der Waals surface area (Å²) in [6.07, 6.45) is 2.72. The van der Waals surface area contributed by atoms with Crippen molar-refractivity contribution in [2.24, 2.45) is 0 Å². The predicted molar refractivity (Wildman–Crippen MR) is 112 cm³/mol. The molecule has 0 radical (unpaired) electrons. The average molecular weight is 369 g/mol. The fourth-order valence-electron chi connectivity index (χ4n) is 3.58. The zero-order valence-corrected chi connectivity index (χ0v) is 15.6. The largest absolute Gasteiger partial charge is 0.380 e. The van der Waals surface area contributed by atoms with E-state index in [1.165, 1.54) is 11.1 Å². The summed E-state index contributed by atoms with van der Waals surface area (Å²) in [7, 11) is 0. The fraction of sp³-hybridized carbons (Fsp3) is 0.217. The maximum absolute atomic E-state index is 8.94. The van der Waals surface area contributed by atoms with E-state index in [2.05, 4.69) is 51.3 Å². The number of rotatable bonds is 6. The lowest BCUT2D eigenvalue weighted by atomic mass is 9.97. The number of nitrogens with one attached hydrogen (secondary N) is 3. The van der Waals surface area contributed by atoms with Crippen LogP contribution in [0.1, 0.15) is 22.7 Å². The molecule has 0 unspecified atom stereocenters. The molecule has 2 atom stereocenters. The SMILES string of the molecule is N#Cc1ccc(CCN[C@@H](c2ccccc2)[C@@H]2CNc3cccnc3N2)cc1. The summed E-state index contributed by atoms with van der Waals surface area (Å²) in [5, 5.41) is 19.7. The normalized spacial score (nSPS) is 16.2. The van der Waals surface area contributed by atoms with E-state index in [1.807, 2.05) is 48.7 Å². The summed E-state index contributed by atoms with van der Waals surface area (Å²) in [6.45, 7) is 1.67. The van der Waals surface area contributed by atoms with Crippen LogP contribution in [0.15, 0.2) is 72.9 Å². The molecule has 0 saturated carbocycles. The first-order valence-electron chi connectivity index (χ1n) is 9.56. The number of anilines is 2. The molecule has 0 fully saturated rings. The molecule has 1 aliphatic heterocycles. The van der Waals surface area contributed by atoms with Gasteiger partial charge in [-0.15, -0.1) is 0 Å². The van der Waals surface area contributed by atoms with Crippen molar-refractivity contribution in [3.8, 4) is 6.07 Å². The number of nitriles is 1. The van der Waals surface area contributed by atoms with Gasteiger partial charge in [0.1, 0.15) is 5.82 Å². The maximum Gasteiger partial charge on any atom is 0.149 e. The lowest BCUT2D eigenvalue weighted by Crippen LogP contribution is -2.44. The number of hydrogen-bond donors (Lipinski definition) is 3. The molecule has 1 aliphatic rings. The van der Waals surface area contributed by atoms with Gasteiger partial charge in [0.25, 0.3) is 0 Å². The van der Waals surface area contributed by atoms with Crippen LogP contribution in [0.2, 0.25) is 0 Å². The minimum atomic E-state index is 0.155. The van der Waals surface area contributed by atoms with Gasteiger partial charge in [0.15, 0.2) is 0 Å². The molecule has 2 aromatic carbocycles. The van der Waals surface area contributed by atoms with Crippen molar-refractivity contribution in [3.05, 3.63) is 89.6 Å². The Labute approximate surface area is 165 Å². The third-order valence-corrected chi connectivity index (χ3v) is 5.06. The van der Waals surface area contributed by atoms with E-state index in [0.717, 1.165) is 31.0 Å². The van der Waals surface area contributed by atoms with Crippen molar-refractivity contribution in [1.29, 1.82) is 5.26 Å². The first-order valence-corrected chi connectivity index (χ1v) is 9.56. The monoisotopic (exact) mass is 369 g/mol. The van der Waals surface area contributed by atoms with E-state index < -0.39 is 0 Å². The van der Waals surface area contributed by atoms with Crippen LogP contribution in [0.4, 0.5) is 11.5 Å². The number of nitrogens with zero attached hydrogens (tertiary/aromatic N) is 2. The van der Waals surface area contributed by atoms with Crippen molar-refractivity contribution >= 4 is 11.5 Å². The smallest absolute Gasteiger partial charge is 0.149 e. The van der Waals surface area contributed by atoms with Crippen LogP contribution in [-0.4, -0.2) is 24.1 Å². The van der Waals surface area contributed by atoms with Crippen molar-refractivity contribution in [2.75, 3.05) is 23.7 Å². The summed E-state index contributed by atoms with van der Waals surface area (Å²) in [5.74, 6) is 0.897. The van der Waals surface area contributed by atoms with E-state index in [0.29, 0.717) is 5.56 Å². The fourth-order valence-corrected chi connectivity index (χ4v) is 3.58. The molecule has 5 heteroatoms. The number of fused-ring (bicyclic) bond motifs is 1. The van der Waals surface area contributed by atoms with Crippen LogP contribution >= 0.6 is 0 Å². The Morgan fingerprint density at radius 1 is 1.07 bits per heavy atom. The highest BCUT2D eigenvalue weighted by atomic mass is 15.2. The quantitative estimate of drug-likeness (QED) is 0.617. The highest BCUT2D eigenvalue weighted by molar-refractivity contribution is 5.67. The lowest BCUT2D eigenvalue weighted by molar-refractivity contribution is 0.472. The number of aromatic nitrogens is 1. The highest BCUT2D eigenvalue weighted by Crippen LogP contribution is 2.28. The van der Waals surface area contributed by atoms with E-state index >= 15 is 0 Å². The Hall–Kier alpha value is -3.36. The van der Waals surface area contributed by atoms with Gasteiger partial charge in [0, 0.05) is 12.7 Å². The Kier molecular flexibility index (Phi) is 5.51. The second kappa shape index (κ2) is 8.55. The molecule has 28 heavy (non-hydrogen) atoms. The standard InChI is InChI=1S/C23H23N5/c24-15-18-10-8-17(9-11-18)12-14-25-22(19-5-2-1-3-6-19)21-16-27-20-7-4-13-26-23(20)28-21/h1-11,13,21-22,25,27H,12,14,16H2,(H,26,28)/t21-,22-/m0/s1. The summed E-state index contributed by atoms with van der Waals surface area (Å²) < 4.78 is 0. The van der Waals surface area contributed by atoms with Crippen LogP contribution in [0, 0.1) is 11.3 Å². The second-order valence-corrected chi connectivity index (χ2v) is 6.93. The van der Waals surface area contributed by atoms with Gasteiger partial charge < -0.3 is 16.0 Å². The Morgan fingerprint density at radius 2 is 1.89 bits per heavy atom. The number of hydrogen-bond acceptors (Lipinski definition) is 5. The summed E-state index contributed by atoms with van der Waals surface area (Å²) >= 11 is 0. The van der Waals surface area contributed by atoms with Gasteiger partial charge in [0.05, 0.1) is 29.4 Å². The van der Waals surface area contributed by atoms with Gasteiger partial charge in [-0.2, -0.15) is 5.26 Å². The molecule has 3 N–H and O–H groups in total. The van der Waals surface area contributed by atoms with Crippen LogP contribution in [0.5, 0.6) is 0 Å². The molecule has 2 heterocycles. The van der Waals surface area contributed by atoms with Gasteiger partial charge in [-0.05, 0) is 48.4 Å². The van der Waals surface area contributed by atoms with E-state index in [-0.39, 0.29) is 12.1 Å².